The zero-order valence-electron chi connectivity index (χ0n) is 14.8. The van der Waals surface area contributed by atoms with Gasteiger partial charge in [0.15, 0.2) is 0 Å². The lowest BCUT2D eigenvalue weighted by Crippen LogP contribution is -2.48. The van der Waals surface area contributed by atoms with E-state index >= 15 is 0 Å². The van der Waals surface area contributed by atoms with E-state index in [0.29, 0.717) is 0 Å². The highest BCUT2D eigenvalue weighted by atomic mass is 28.3. The fourth-order valence-electron chi connectivity index (χ4n) is 4.10. The van der Waals surface area contributed by atoms with Gasteiger partial charge in [-0.3, -0.25) is 0 Å². The fourth-order valence-corrected chi connectivity index (χ4v) is 6.29. The Balaban J connectivity index is 1.68. The smallest absolute Gasteiger partial charge is 0.123 e. The molecule has 0 saturated heterocycles. The lowest BCUT2D eigenvalue weighted by molar-refractivity contribution is 0.988. The number of hydrogen-bond donors (Lipinski definition) is 0. The Morgan fingerprint density at radius 3 is 1.96 bits per heavy atom. The van der Waals surface area contributed by atoms with E-state index in [1.54, 1.807) is 0 Å². The molecule has 0 saturated carbocycles. The van der Waals surface area contributed by atoms with E-state index in [1.807, 2.05) is 0 Å². The summed E-state index contributed by atoms with van der Waals surface area (Å²) in [6.07, 6.45) is 0. The van der Waals surface area contributed by atoms with Gasteiger partial charge in [-0.05, 0) is 38.8 Å². The molecule has 1 aliphatic heterocycles. The molecular formula is C24H20NSi. The quantitative estimate of drug-likeness (QED) is 0.472. The second-order valence-corrected chi connectivity index (χ2v) is 9.21. The van der Waals surface area contributed by atoms with Gasteiger partial charge in [0.05, 0.1) is 0 Å². The topological polar surface area (TPSA) is 3.24 Å². The minimum Gasteiger partial charge on any atom is -0.337 e. The van der Waals surface area contributed by atoms with E-state index in [-0.39, 0.29) is 0 Å². The van der Waals surface area contributed by atoms with Crippen molar-refractivity contribution in [1.82, 2.24) is 0 Å². The van der Waals surface area contributed by atoms with Crippen LogP contribution in [0.25, 0.3) is 10.8 Å². The molecule has 0 atom stereocenters. The average molecular weight is 351 g/mol. The summed E-state index contributed by atoms with van der Waals surface area (Å²) < 4.78 is 0. The summed E-state index contributed by atoms with van der Waals surface area (Å²) >= 11 is 0. The van der Waals surface area contributed by atoms with Gasteiger partial charge in [-0.2, -0.15) is 0 Å². The van der Waals surface area contributed by atoms with Crippen molar-refractivity contribution in [3.05, 3.63) is 96.6 Å². The van der Waals surface area contributed by atoms with Gasteiger partial charge in [-0.25, -0.2) is 0 Å². The van der Waals surface area contributed by atoms with Crippen molar-refractivity contribution in [2.75, 3.05) is 4.90 Å². The number of para-hydroxylation sites is 2. The van der Waals surface area contributed by atoms with Gasteiger partial charge < -0.3 is 4.90 Å². The highest BCUT2D eigenvalue weighted by Crippen LogP contribution is 2.31. The lowest BCUT2D eigenvalue weighted by atomic mass is 10.0. The molecule has 1 nitrogen and oxygen atoms in total. The van der Waals surface area contributed by atoms with Crippen molar-refractivity contribution < 1.29 is 0 Å². The zero-order valence-corrected chi connectivity index (χ0v) is 15.8. The minimum absolute atomic E-state index is 0.714. The van der Waals surface area contributed by atoms with Gasteiger partial charge in [0.25, 0.3) is 0 Å². The Morgan fingerprint density at radius 1 is 0.654 bits per heavy atom. The van der Waals surface area contributed by atoms with E-state index in [0.717, 1.165) is 6.54 Å². The number of nitrogens with zero attached hydrogens (tertiary/aromatic N) is 1. The molecular weight excluding hydrogens is 330 g/mol. The summed E-state index contributed by atoms with van der Waals surface area (Å²) in [4.78, 5) is 2.50. The Hall–Kier alpha value is -2.84. The Bertz CT molecular complexity index is 1050. The molecule has 0 aromatic heterocycles. The lowest BCUT2D eigenvalue weighted by Gasteiger charge is -2.36. The Labute approximate surface area is 156 Å². The second-order valence-electron chi connectivity index (χ2n) is 6.88. The predicted octanol–water partition coefficient (Wildman–Crippen LogP) is 4.73. The summed E-state index contributed by atoms with van der Waals surface area (Å²) in [7, 11) is -0.714. The largest absolute Gasteiger partial charge is 0.337 e. The average Bonchev–Trinajstić information content (AvgIpc) is 2.71. The van der Waals surface area contributed by atoms with Crippen molar-refractivity contribution >= 4 is 41.3 Å². The molecule has 0 unspecified atom stereocenters. The van der Waals surface area contributed by atoms with Crippen LogP contribution in [-0.2, 0) is 6.54 Å². The molecule has 2 heteroatoms. The Kier molecular flexibility index (Phi) is 3.65. The van der Waals surface area contributed by atoms with Gasteiger partial charge in [-0.15, -0.1) is 0 Å². The summed E-state index contributed by atoms with van der Waals surface area (Å²) in [5, 5.41) is 5.68. The Morgan fingerprint density at radius 2 is 1.23 bits per heavy atom. The maximum Gasteiger partial charge on any atom is 0.123 e. The van der Waals surface area contributed by atoms with E-state index in [1.165, 1.54) is 38.1 Å². The molecule has 0 spiro atoms. The van der Waals surface area contributed by atoms with Crippen molar-refractivity contribution in [2.24, 2.45) is 0 Å². The van der Waals surface area contributed by atoms with Crippen molar-refractivity contribution in [1.29, 1.82) is 0 Å². The summed E-state index contributed by atoms with van der Waals surface area (Å²) in [6.45, 7) is 3.31. The molecule has 0 aliphatic carbocycles. The van der Waals surface area contributed by atoms with Crippen molar-refractivity contribution in [2.45, 2.75) is 13.1 Å². The van der Waals surface area contributed by atoms with Crippen LogP contribution in [0.3, 0.4) is 0 Å². The zero-order chi connectivity index (χ0) is 17.5. The fraction of sp³-hybridized carbons (Fsp3) is 0.0833. The SMILES string of the molecule is C[Si]1c2ccccc2N(Cc2cccc3ccccc23)c2ccccc21. The number of fused-ring (bicyclic) bond motifs is 3. The highest BCUT2D eigenvalue weighted by molar-refractivity contribution is 6.87. The molecule has 5 rings (SSSR count). The summed E-state index contributed by atoms with van der Waals surface area (Å²) in [5.41, 5.74) is 4.12. The van der Waals surface area contributed by atoms with Gasteiger partial charge >= 0.3 is 0 Å². The van der Waals surface area contributed by atoms with Crippen LogP contribution in [0.15, 0.2) is 91.0 Å². The van der Waals surface area contributed by atoms with E-state index < -0.39 is 8.80 Å². The molecule has 1 aliphatic rings. The number of rotatable bonds is 2. The molecule has 1 radical (unpaired) electrons. The number of hydrogen-bond acceptors (Lipinski definition) is 1. The monoisotopic (exact) mass is 350 g/mol. The van der Waals surface area contributed by atoms with Gasteiger partial charge in [0.2, 0.25) is 0 Å². The number of benzene rings is 4. The van der Waals surface area contributed by atoms with Gasteiger partial charge in [-0.1, -0.05) is 85.4 Å². The number of anilines is 2. The molecule has 125 valence electrons. The molecule has 1 heterocycles. The van der Waals surface area contributed by atoms with E-state index in [9.17, 15) is 0 Å². The third-order valence-corrected chi connectivity index (χ3v) is 7.87. The highest BCUT2D eigenvalue weighted by Gasteiger charge is 2.28. The first kappa shape index (κ1) is 15.4. The minimum atomic E-state index is -0.714. The molecule has 26 heavy (non-hydrogen) atoms. The summed E-state index contributed by atoms with van der Waals surface area (Å²) in [5.74, 6) is 0. The second kappa shape index (κ2) is 6.15. The molecule has 0 fully saturated rings. The van der Waals surface area contributed by atoms with Crippen LogP contribution in [0.5, 0.6) is 0 Å². The molecule has 0 N–H and O–H groups in total. The van der Waals surface area contributed by atoms with Crippen molar-refractivity contribution in [3.63, 3.8) is 0 Å². The molecule has 4 aromatic rings. The standard InChI is InChI=1S/C24H20NSi/c1-26-23-15-6-4-13-21(23)25(22-14-5-7-16-24(22)26)17-19-11-8-10-18-9-2-3-12-20(18)19/h2-16H,17H2,1H3. The first-order valence-corrected chi connectivity index (χ1v) is 11.1. The van der Waals surface area contributed by atoms with Crippen LogP contribution >= 0.6 is 0 Å². The van der Waals surface area contributed by atoms with Crippen LogP contribution in [0.4, 0.5) is 11.4 Å². The molecule has 0 amide bonds. The predicted molar refractivity (Wildman–Crippen MR) is 114 cm³/mol. The van der Waals surface area contributed by atoms with Crippen LogP contribution in [-0.4, -0.2) is 8.80 Å². The third kappa shape index (κ3) is 2.38. The van der Waals surface area contributed by atoms with Gasteiger partial charge in [0.1, 0.15) is 8.80 Å². The summed E-state index contributed by atoms with van der Waals surface area (Å²) in [6, 6.07) is 33.2. The van der Waals surface area contributed by atoms with Crippen molar-refractivity contribution in [3.8, 4) is 0 Å². The normalized spacial score (nSPS) is 13.5. The first-order valence-electron chi connectivity index (χ1n) is 9.09. The maximum absolute atomic E-state index is 2.50. The molecule has 4 aromatic carbocycles. The van der Waals surface area contributed by atoms with Crippen LogP contribution in [0.2, 0.25) is 6.55 Å². The van der Waals surface area contributed by atoms with E-state index in [4.69, 9.17) is 0 Å². The van der Waals surface area contributed by atoms with Crippen LogP contribution < -0.4 is 15.3 Å². The van der Waals surface area contributed by atoms with Gasteiger partial charge in [0, 0.05) is 17.9 Å². The van der Waals surface area contributed by atoms with E-state index in [2.05, 4.69) is 102 Å². The molecule has 0 bridgehead atoms. The van der Waals surface area contributed by atoms with Crippen LogP contribution in [0.1, 0.15) is 5.56 Å². The van der Waals surface area contributed by atoms with Crippen LogP contribution in [0, 0.1) is 0 Å². The maximum atomic E-state index is 2.50. The first-order chi connectivity index (χ1) is 12.8. The third-order valence-electron chi connectivity index (χ3n) is 5.41.